The molecular formula is C19H27N. The SMILES string of the molecule is C=C/C=C\C=C(/C)c1cc(C(C)C)c(N)c(C(C)C)c1. The molecule has 0 fully saturated rings. The van der Waals surface area contributed by atoms with Crippen LogP contribution in [0.3, 0.4) is 0 Å². The first-order valence-electron chi connectivity index (χ1n) is 7.28. The summed E-state index contributed by atoms with van der Waals surface area (Å²) in [4.78, 5) is 0. The van der Waals surface area contributed by atoms with Crippen LogP contribution in [-0.2, 0) is 0 Å². The molecule has 108 valence electrons. The van der Waals surface area contributed by atoms with E-state index in [2.05, 4.69) is 59.4 Å². The molecule has 0 amide bonds. The van der Waals surface area contributed by atoms with Crippen molar-refractivity contribution in [3.63, 3.8) is 0 Å². The van der Waals surface area contributed by atoms with Gasteiger partial charge in [-0.2, -0.15) is 0 Å². The molecule has 20 heavy (non-hydrogen) atoms. The van der Waals surface area contributed by atoms with Crippen molar-refractivity contribution in [2.45, 2.75) is 46.5 Å². The van der Waals surface area contributed by atoms with Gasteiger partial charge in [0.1, 0.15) is 0 Å². The summed E-state index contributed by atoms with van der Waals surface area (Å²) >= 11 is 0. The summed E-state index contributed by atoms with van der Waals surface area (Å²) in [6.45, 7) is 14.6. The Morgan fingerprint density at radius 1 is 1.05 bits per heavy atom. The van der Waals surface area contributed by atoms with Gasteiger partial charge in [0.2, 0.25) is 0 Å². The first kappa shape index (κ1) is 16.3. The molecule has 0 radical (unpaired) electrons. The fraction of sp³-hybridized carbons (Fsp3) is 0.368. The number of benzene rings is 1. The first-order valence-corrected chi connectivity index (χ1v) is 7.28. The molecule has 1 nitrogen and oxygen atoms in total. The maximum Gasteiger partial charge on any atom is 0.0384 e. The molecule has 1 heteroatoms. The number of hydrogen-bond acceptors (Lipinski definition) is 1. The van der Waals surface area contributed by atoms with E-state index in [0.29, 0.717) is 11.8 Å². The Morgan fingerprint density at radius 2 is 1.55 bits per heavy atom. The van der Waals surface area contributed by atoms with Gasteiger partial charge in [0, 0.05) is 5.69 Å². The third-order valence-corrected chi connectivity index (χ3v) is 3.54. The Morgan fingerprint density at radius 3 is 1.95 bits per heavy atom. The lowest BCUT2D eigenvalue weighted by atomic mass is 9.89. The second-order valence-corrected chi connectivity index (χ2v) is 5.85. The zero-order valence-corrected chi connectivity index (χ0v) is 13.4. The second kappa shape index (κ2) is 7.14. The summed E-state index contributed by atoms with van der Waals surface area (Å²) in [7, 11) is 0. The molecule has 0 saturated carbocycles. The Balaban J connectivity index is 3.37. The van der Waals surface area contributed by atoms with Gasteiger partial charge in [0.05, 0.1) is 0 Å². The molecule has 1 aromatic carbocycles. The van der Waals surface area contributed by atoms with Gasteiger partial charge >= 0.3 is 0 Å². The van der Waals surface area contributed by atoms with Crippen LogP contribution in [-0.4, -0.2) is 0 Å². The van der Waals surface area contributed by atoms with E-state index < -0.39 is 0 Å². The Kier molecular flexibility index (Phi) is 5.82. The largest absolute Gasteiger partial charge is 0.398 e. The van der Waals surface area contributed by atoms with Crippen LogP contribution >= 0.6 is 0 Å². The highest BCUT2D eigenvalue weighted by atomic mass is 14.6. The molecule has 2 N–H and O–H groups in total. The predicted octanol–water partition coefficient (Wildman–Crippen LogP) is 5.66. The van der Waals surface area contributed by atoms with E-state index >= 15 is 0 Å². The smallest absolute Gasteiger partial charge is 0.0384 e. The normalized spacial score (nSPS) is 12.7. The minimum atomic E-state index is 0.434. The van der Waals surface area contributed by atoms with E-state index in [4.69, 9.17) is 5.73 Å². The maximum atomic E-state index is 6.33. The van der Waals surface area contributed by atoms with Crippen LogP contribution in [0.5, 0.6) is 0 Å². The molecular weight excluding hydrogens is 242 g/mol. The van der Waals surface area contributed by atoms with Crippen molar-refractivity contribution in [1.29, 1.82) is 0 Å². The highest BCUT2D eigenvalue weighted by Gasteiger charge is 2.13. The minimum absolute atomic E-state index is 0.434. The minimum Gasteiger partial charge on any atom is -0.398 e. The molecule has 0 unspecified atom stereocenters. The number of rotatable bonds is 5. The maximum absolute atomic E-state index is 6.33. The van der Waals surface area contributed by atoms with Crippen LogP contribution in [0.4, 0.5) is 5.69 Å². The third kappa shape index (κ3) is 3.86. The summed E-state index contributed by atoms with van der Waals surface area (Å²) in [5.41, 5.74) is 12.3. The summed E-state index contributed by atoms with van der Waals surface area (Å²) < 4.78 is 0. The van der Waals surface area contributed by atoms with Crippen molar-refractivity contribution in [3.8, 4) is 0 Å². The molecule has 0 aromatic heterocycles. The van der Waals surface area contributed by atoms with Gasteiger partial charge in [-0.05, 0) is 53.2 Å². The molecule has 1 aromatic rings. The summed E-state index contributed by atoms with van der Waals surface area (Å²) in [6.07, 6.45) is 7.85. The van der Waals surface area contributed by atoms with E-state index in [-0.39, 0.29) is 0 Å². The van der Waals surface area contributed by atoms with Gasteiger partial charge in [-0.25, -0.2) is 0 Å². The van der Waals surface area contributed by atoms with E-state index in [0.717, 1.165) is 5.69 Å². The van der Waals surface area contributed by atoms with Crippen LogP contribution < -0.4 is 5.73 Å². The topological polar surface area (TPSA) is 26.0 Å². The van der Waals surface area contributed by atoms with Crippen molar-refractivity contribution in [1.82, 2.24) is 0 Å². The highest BCUT2D eigenvalue weighted by molar-refractivity contribution is 5.71. The standard InChI is InChI=1S/C19H27N/c1-7-8-9-10-15(6)16-11-17(13(2)3)19(20)18(12-16)14(4)5/h7-14H,1,20H2,2-6H3/b9-8-,15-10+. The number of nitrogen functional groups attached to an aromatic ring is 1. The lowest BCUT2D eigenvalue weighted by Gasteiger charge is -2.19. The first-order chi connectivity index (χ1) is 9.38. The number of hydrogen-bond donors (Lipinski definition) is 1. The van der Waals surface area contributed by atoms with Gasteiger partial charge in [-0.15, -0.1) is 0 Å². The number of anilines is 1. The monoisotopic (exact) mass is 269 g/mol. The summed E-state index contributed by atoms with van der Waals surface area (Å²) in [5, 5.41) is 0. The Labute approximate surface area is 123 Å². The van der Waals surface area contributed by atoms with Crippen LogP contribution in [0.1, 0.15) is 63.1 Å². The molecule has 0 aliphatic heterocycles. The zero-order chi connectivity index (χ0) is 15.3. The van der Waals surface area contributed by atoms with Crippen LogP contribution in [0.15, 0.2) is 43.0 Å². The van der Waals surface area contributed by atoms with E-state index in [1.54, 1.807) is 6.08 Å². The van der Waals surface area contributed by atoms with Crippen molar-refractivity contribution < 1.29 is 0 Å². The molecule has 0 atom stereocenters. The van der Waals surface area contributed by atoms with Crippen molar-refractivity contribution in [3.05, 3.63) is 59.7 Å². The van der Waals surface area contributed by atoms with Gasteiger partial charge in [0.25, 0.3) is 0 Å². The average Bonchev–Trinajstić information content (AvgIpc) is 2.38. The third-order valence-electron chi connectivity index (χ3n) is 3.54. The van der Waals surface area contributed by atoms with Gasteiger partial charge in [-0.1, -0.05) is 58.6 Å². The number of nitrogens with two attached hydrogens (primary N) is 1. The highest BCUT2D eigenvalue weighted by Crippen LogP contribution is 2.33. The van der Waals surface area contributed by atoms with Crippen molar-refractivity contribution in [2.24, 2.45) is 0 Å². The van der Waals surface area contributed by atoms with Gasteiger partial charge in [-0.3, -0.25) is 0 Å². The molecule has 0 aliphatic rings. The Hall–Kier alpha value is -1.76. The van der Waals surface area contributed by atoms with Crippen molar-refractivity contribution >= 4 is 11.3 Å². The molecule has 0 aliphatic carbocycles. The quantitative estimate of drug-likeness (QED) is 0.541. The Bertz CT molecular complexity index is 502. The molecule has 0 heterocycles. The van der Waals surface area contributed by atoms with Crippen molar-refractivity contribution in [2.75, 3.05) is 5.73 Å². The molecule has 1 rings (SSSR count). The summed E-state index contributed by atoms with van der Waals surface area (Å²) in [6, 6.07) is 4.44. The average molecular weight is 269 g/mol. The zero-order valence-electron chi connectivity index (χ0n) is 13.4. The fourth-order valence-corrected chi connectivity index (χ4v) is 2.26. The van der Waals surface area contributed by atoms with Crippen LogP contribution in [0, 0.1) is 0 Å². The van der Waals surface area contributed by atoms with E-state index in [9.17, 15) is 0 Å². The van der Waals surface area contributed by atoms with E-state index in [1.165, 1.54) is 22.3 Å². The molecule has 0 spiro atoms. The summed E-state index contributed by atoms with van der Waals surface area (Å²) in [5.74, 6) is 0.868. The number of allylic oxidation sites excluding steroid dienone is 5. The fourth-order valence-electron chi connectivity index (χ4n) is 2.26. The van der Waals surface area contributed by atoms with Gasteiger partial charge in [0.15, 0.2) is 0 Å². The lowest BCUT2D eigenvalue weighted by Crippen LogP contribution is -2.04. The van der Waals surface area contributed by atoms with Gasteiger partial charge < -0.3 is 5.73 Å². The second-order valence-electron chi connectivity index (χ2n) is 5.85. The molecule has 0 bridgehead atoms. The predicted molar refractivity (Wildman–Crippen MR) is 92.0 cm³/mol. The van der Waals surface area contributed by atoms with E-state index in [1.807, 2.05) is 12.2 Å². The van der Waals surface area contributed by atoms with Crippen LogP contribution in [0.2, 0.25) is 0 Å². The lowest BCUT2D eigenvalue weighted by molar-refractivity contribution is 0.838. The molecule has 0 saturated heterocycles. The van der Waals surface area contributed by atoms with Crippen LogP contribution in [0.25, 0.3) is 5.57 Å².